The molecule has 2 aromatic heterocycles. The summed E-state index contributed by atoms with van der Waals surface area (Å²) in [7, 11) is 0. The van der Waals surface area contributed by atoms with Crippen molar-refractivity contribution in [1.82, 2.24) is 4.40 Å². The van der Waals surface area contributed by atoms with Crippen LogP contribution < -0.4 is 0 Å². The number of nitriles is 2. The number of aryl methyl sites for hydroxylation is 2. The predicted octanol–water partition coefficient (Wildman–Crippen LogP) is 18.6. The average Bonchev–Trinajstić information content (AvgIpc) is 3.83. The molecule has 0 bridgehead atoms. The fourth-order valence-electron chi connectivity index (χ4n) is 15.1. The van der Waals surface area contributed by atoms with E-state index in [2.05, 4.69) is 265 Å². The van der Waals surface area contributed by atoms with Crippen molar-refractivity contribution in [3.63, 3.8) is 0 Å². The van der Waals surface area contributed by atoms with Crippen LogP contribution in [0.3, 0.4) is 0 Å². The molecule has 0 spiro atoms. The third-order valence-electron chi connectivity index (χ3n) is 18.0. The van der Waals surface area contributed by atoms with Gasteiger partial charge in [-0.1, -0.05) is 231 Å². The van der Waals surface area contributed by atoms with E-state index in [9.17, 15) is 10.5 Å². The van der Waals surface area contributed by atoms with Crippen LogP contribution in [0.15, 0.2) is 249 Å². The van der Waals surface area contributed by atoms with E-state index in [4.69, 9.17) is 0 Å². The summed E-state index contributed by atoms with van der Waals surface area (Å²) >= 11 is 0. The Kier molecular flexibility index (Phi) is 10.9. The van der Waals surface area contributed by atoms with Gasteiger partial charge >= 0.3 is 0 Å². The molecule has 3 nitrogen and oxygen atoms in total. The van der Waals surface area contributed by atoms with Crippen molar-refractivity contribution in [1.29, 1.82) is 10.5 Å². The summed E-state index contributed by atoms with van der Waals surface area (Å²) in [5.74, 6) is 0. The van der Waals surface area contributed by atoms with E-state index in [0.717, 1.165) is 111 Å². The molecule has 0 saturated heterocycles. The second kappa shape index (κ2) is 18.5. The number of nitrogens with zero attached hydrogens (tertiary/aromatic N) is 3. The molecule has 0 atom stereocenters. The van der Waals surface area contributed by atoms with E-state index in [0.29, 0.717) is 11.1 Å². The van der Waals surface area contributed by atoms with Gasteiger partial charge in [-0.05, 0) is 146 Å². The molecule has 11 aromatic carbocycles. The molecule has 372 valence electrons. The quantitative estimate of drug-likeness (QED) is 0.152. The molecule has 15 rings (SSSR count). The summed E-state index contributed by atoms with van der Waals surface area (Å²) in [5.41, 5.74) is 22.0. The van der Waals surface area contributed by atoms with Gasteiger partial charge in [-0.15, -0.1) is 0 Å². The lowest BCUT2D eigenvalue weighted by atomic mass is 9.60. The van der Waals surface area contributed by atoms with Crippen LogP contribution in [0.25, 0.3) is 82.6 Å². The van der Waals surface area contributed by atoms with Crippen molar-refractivity contribution >= 4 is 38.1 Å². The Labute approximate surface area is 460 Å². The molecule has 0 amide bonds. The van der Waals surface area contributed by atoms with Crippen molar-refractivity contribution in [3.05, 3.63) is 304 Å². The van der Waals surface area contributed by atoms with Crippen LogP contribution in [0.1, 0.15) is 81.3 Å². The minimum Gasteiger partial charge on any atom is -0.308 e. The summed E-state index contributed by atoms with van der Waals surface area (Å²) in [4.78, 5) is 0. The molecular formula is C76H53N3. The van der Waals surface area contributed by atoms with Gasteiger partial charge in [0, 0.05) is 32.4 Å². The largest absolute Gasteiger partial charge is 0.308 e. The van der Waals surface area contributed by atoms with Crippen molar-refractivity contribution in [3.8, 4) is 56.6 Å². The van der Waals surface area contributed by atoms with Crippen LogP contribution in [0.5, 0.6) is 0 Å². The molecule has 0 aliphatic heterocycles. The molecule has 79 heavy (non-hydrogen) atoms. The van der Waals surface area contributed by atoms with E-state index >= 15 is 0 Å². The number of aromatic nitrogens is 1. The number of rotatable bonds is 8. The van der Waals surface area contributed by atoms with Crippen molar-refractivity contribution in [2.45, 2.75) is 49.4 Å². The van der Waals surface area contributed by atoms with Gasteiger partial charge in [-0.25, -0.2) is 0 Å². The average molecular weight is 1010 g/mol. The third-order valence-corrected chi connectivity index (χ3v) is 18.0. The highest BCUT2D eigenvalue weighted by molar-refractivity contribution is 6.32. The predicted molar refractivity (Wildman–Crippen MR) is 324 cm³/mol. The molecule has 0 radical (unpaired) electrons. The Morgan fingerprint density at radius 1 is 0.329 bits per heavy atom. The smallest absolute Gasteiger partial charge is 0.0995 e. The normalized spacial score (nSPS) is 14.5. The summed E-state index contributed by atoms with van der Waals surface area (Å²) in [5, 5.41) is 28.5. The van der Waals surface area contributed by atoms with Crippen molar-refractivity contribution in [2.75, 3.05) is 0 Å². The van der Waals surface area contributed by atoms with Crippen LogP contribution in [0.2, 0.25) is 0 Å². The standard InChI is InChI=1S/C76H53N3/c77-48-52-45-66-68(62-41-23-43-75(72(52)62,54-29-11-3-12-30-54)55-31-13-4-14-32-55)70-64(60-39-21-19-37-58(60)50-25-7-1-8-26-50)47-65(61-40-22-20-38-59(61)51-27-9-2-10-28-51)71-69-63-42-24-44-76(56-33-15-5-16-34-56,57-35-17-6-18-36-57)73(63)53(49-78)46-67(69)79(66)74(70)71/h1-22,25-40,45-47H,23-24,41-44H2. The van der Waals surface area contributed by atoms with Crippen molar-refractivity contribution in [2.24, 2.45) is 0 Å². The monoisotopic (exact) mass is 1010 g/mol. The Morgan fingerprint density at radius 3 is 0.987 bits per heavy atom. The SMILES string of the molecule is N#Cc1cc2c(c3c1C(c1ccccc1)(c1ccccc1)CCC3)c1c(-c3ccccc3-c3ccccc3)cc(-c3ccccc3-c3ccccc3)c3c4c5c(c(C#N)cc4n2c13)C(c1ccccc1)(c1ccccc1)CCC5. The van der Waals surface area contributed by atoms with Gasteiger partial charge in [-0.3, -0.25) is 0 Å². The summed E-state index contributed by atoms with van der Waals surface area (Å²) in [6.45, 7) is 0. The van der Waals surface area contributed by atoms with Crippen LogP contribution >= 0.6 is 0 Å². The van der Waals surface area contributed by atoms with Crippen LogP contribution in [0.4, 0.5) is 0 Å². The lowest BCUT2D eigenvalue weighted by Crippen LogP contribution is -2.35. The molecule has 0 fully saturated rings. The minimum atomic E-state index is -0.587. The maximum absolute atomic E-state index is 11.9. The van der Waals surface area contributed by atoms with Crippen LogP contribution in [0, 0.1) is 22.7 Å². The minimum absolute atomic E-state index is 0.587. The lowest BCUT2D eigenvalue weighted by Gasteiger charge is -2.42. The second-order valence-corrected chi connectivity index (χ2v) is 21.8. The fourth-order valence-corrected chi connectivity index (χ4v) is 15.1. The zero-order valence-corrected chi connectivity index (χ0v) is 43.8. The van der Waals surface area contributed by atoms with Gasteiger partial charge in [0.1, 0.15) is 0 Å². The van der Waals surface area contributed by atoms with E-state index < -0.39 is 10.8 Å². The molecule has 0 unspecified atom stereocenters. The van der Waals surface area contributed by atoms with Crippen LogP contribution in [-0.2, 0) is 23.7 Å². The highest BCUT2D eigenvalue weighted by Crippen LogP contribution is 2.59. The highest BCUT2D eigenvalue weighted by atomic mass is 14.9. The third kappa shape index (κ3) is 6.76. The molecular weight excluding hydrogens is 955 g/mol. The first kappa shape index (κ1) is 46.5. The van der Waals surface area contributed by atoms with Gasteiger partial charge in [-0.2, -0.15) is 10.5 Å². The molecule has 2 aliphatic carbocycles. The topological polar surface area (TPSA) is 52.0 Å². The Balaban J connectivity index is 1.20. The zero-order valence-electron chi connectivity index (χ0n) is 43.8. The first-order chi connectivity index (χ1) is 39.1. The first-order valence-corrected chi connectivity index (χ1v) is 27.9. The fraction of sp³-hybridized carbons (Fsp3) is 0.105. The van der Waals surface area contributed by atoms with E-state index in [-0.39, 0.29) is 0 Å². The van der Waals surface area contributed by atoms with Gasteiger partial charge < -0.3 is 4.40 Å². The number of hydrogen-bond acceptors (Lipinski definition) is 2. The highest BCUT2D eigenvalue weighted by Gasteiger charge is 2.46. The lowest BCUT2D eigenvalue weighted by molar-refractivity contribution is 0.498. The molecule has 2 heterocycles. The summed E-state index contributed by atoms with van der Waals surface area (Å²) in [6, 6.07) is 96.0. The van der Waals surface area contributed by atoms with Crippen molar-refractivity contribution < 1.29 is 0 Å². The second-order valence-electron chi connectivity index (χ2n) is 21.8. The number of hydrogen-bond donors (Lipinski definition) is 0. The van der Waals surface area contributed by atoms with Gasteiger partial charge in [0.05, 0.1) is 39.8 Å². The van der Waals surface area contributed by atoms with Crippen LogP contribution in [-0.4, -0.2) is 4.40 Å². The van der Waals surface area contributed by atoms with Gasteiger partial charge in [0.25, 0.3) is 0 Å². The zero-order chi connectivity index (χ0) is 52.7. The maximum Gasteiger partial charge on any atom is 0.0995 e. The molecule has 0 N–H and O–H groups in total. The van der Waals surface area contributed by atoms with E-state index in [1.54, 1.807) is 0 Å². The first-order valence-electron chi connectivity index (χ1n) is 27.9. The maximum atomic E-state index is 11.9. The Bertz CT molecular complexity index is 4210. The van der Waals surface area contributed by atoms with E-state index in [1.165, 1.54) is 54.9 Å². The van der Waals surface area contributed by atoms with Gasteiger partial charge in [0.2, 0.25) is 0 Å². The van der Waals surface area contributed by atoms with E-state index in [1.807, 2.05) is 0 Å². The Morgan fingerprint density at radius 2 is 0.646 bits per heavy atom. The number of benzene rings is 11. The Hall–Kier alpha value is -9.80. The molecule has 0 saturated carbocycles. The summed E-state index contributed by atoms with van der Waals surface area (Å²) in [6.07, 6.45) is 5.23. The van der Waals surface area contributed by atoms with Gasteiger partial charge in [0.15, 0.2) is 0 Å². The summed E-state index contributed by atoms with van der Waals surface area (Å²) < 4.78 is 2.50. The number of fused-ring (bicyclic) bond motifs is 10. The molecule has 3 heteroatoms. The molecule has 2 aliphatic rings. The molecule has 13 aromatic rings.